The molecule has 2 aromatic rings. The molecule has 1 saturated heterocycles. The number of hydrogen-bond donors (Lipinski definition) is 1. The first kappa shape index (κ1) is 17.4. The molecule has 0 aliphatic carbocycles. The summed E-state index contributed by atoms with van der Waals surface area (Å²) >= 11 is 0. The van der Waals surface area contributed by atoms with E-state index < -0.39 is 0 Å². The van der Waals surface area contributed by atoms with Gasteiger partial charge in [-0.25, -0.2) is 9.97 Å². The summed E-state index contributed by atoms with van der Waals surface area (Å²) in [4.78, 5) is 23.1. The van der Waals surface area contributed by atoms with Crippen LogP contribution in [0.3, 0.4) is 0 Å². The van der Waals surface area contributed by atoms with Gasteiger partial charge in [0, 0.05) is 31.2 Å². The van der Waals surface area contributed by atoms with Gasteiger partial charge in [0.15, 0.2) is 0 Å². The summed E-state index contributed by atoms with van der Waals surface area (Å²) in [5, 5.41) is 3.27. The van der Waals surface area contributed by atoms with Crippen LogP contribution in [0.5, 0.6) is 0 Å². The number of nitrogens with one attached hydrogen (secondary N) is 1. The quantitative estimate of drug-likeness (QED) is 0.918. The van der Waals surface area contributed by atoms with E-state index in [1.807, 2.05) is 4.90 Å². The number of piperidine rings is 1. The molecular weight excluding hydrogens is 312 g/mol. The molecule has 0 radical (unpaired) electrons. The number of rotatable bonds is 3. The van der Waals surface area contributed by atoms with Gasteiger partial charge in [-0.1, -0.05) is 24.6 Å². The first-order valence-corrected chi connectivity index (χ1v) is 8.90. The number of carbonyl (C=O) groups excluding carboxylic acids is 1. The lowest BCUT2D eigenvalue weighted by Gasteiger charge is -2.30. The van der Waals surface area contributed by atoms with Crippen LogP contribution < -0.4 is 5.32 Å². The van der Waals surface area contributed by atoms with E-state index >= 15 is 0 Å². The summed E-state index contributed by atoms with van der Waals surface area (Å²) in [6.07, 6.45) is 5.37. The molecule has 1 amide bonds. The molecule has 0 unspecified atom stereocenters. The van der Waals surface area contributed by atoms with Crippen LogP contribution in [0, 0.1) is 26.7 Å². The lowest BCUT2D eigenvalue weighted by atomic mass is 9.99. The topological polar surface area (TPSA) is 58.1 Å². The smallest absolute Gasteiger partial charge is 0.256 e. The van der Waals surface area contributed by atoms with Gasteiger partial charge >= 0.3 is 0 Å². The zero-order valence-corrected chi connectivity index (χ0v) is 15.5. The number of benzene rings is 1. The SMILES string of the molecule is Cc1cc(C)c(Nc2ncc(C(=O)N3CCC(C)CC3)cn2)c(C)c1. The van der Waals surface area contributed by atoms with E-state index in [1.165, 1.54) is 5.56 Å². The summed E-state index contributed by atoms with van der Waals surface area (Å²) in [7, 11) is 0. The molecule has 3 rings (SSSR count). The van der Waals surface area contributed by atoms with Crippen LogP contribution in [-0.4, -0.2) is 33.9 Å². The Bertz CT molecular complexity index is 739. The van der Waals surface area contributed by atoms with Crippen molar-refractivity contribution in [2.24, 2.45) is 5.92 Å². The van der Waals surface area contributed by atoms with Crippen LogP contribution in [-0.2, 0) is 0 Å². The molecule has 1 aromatic carbocycles. The number of nitrogens with zero attached hydrogens (tertiary/aromatic N) is 3. The van der Waals surface area contributed by atoms with E-state index in [1.54, 1.807) is 12.4 Å². The van der Waals surface area contributed by atoms with Crippen molar-refractivity contribution in [3.8, 4) is 0 Å². The summed E-state index contributed by atoms with van der Waals surface area (Å²) in [6.45, 7) is 10.1. The molecule has 0 spiro atoms. The van der Waals surface area contributed by atoms with Gasteiger partial charge in [0.25, 0.3) is 5.91 Å². The largest absolute Gasteiger partial charge is 0.339 e. The number of hydrogen-bond acceptors (Lipinski definition) is 4. The maximum atomic E-state index is 12.5. The second-order valence-electron chi connectivity index (χ2n) is 7.17. The first-order chi connectivity index (χ1) is 11.9. The maximum Gasteiger partial charge on any atom is 0.256 e. The molecular formula is C20H26N4O. The molecule has 1 N–H and O–H groups in total. The summed E-state index contributed by atoms with van der Waals surface area (Å²) in [6, 6.07) is 4.26. The molecule has 0 atom stereocenters. The maximum absolute atomic E-state index is 12.5. The molecule has 2 heterocycles. The van der Waals surface area contributed by atoms with Crippen molar-refractivity contribution in [2.75, 3.05) is 18.4 Å². The number of anilines is 2. The minimum Gasteiger partial charge on any atom is -0.339 e. The Balaban J connectivity index is 1.71. The Morgan fingerprint density at radius 1 is 1.08 bits per heavy atom. The summed E-state index contributed by atoms with van der Waals surface area (Å²) in [5.74, 6) is 1.24. The zero-order valence-electron chi connectivity index (χ0n) is 15.5. The van der Waals surface area contributed by atoms with Crippen LogP contribution in [0.4, 0.5) is 11.6 Å². The van der Waals surface area contributed by atoms with E-state index in [4.69, 9.17) is 0 Å². The third-order valence-corrected chi connectivity index (χ3v) is 4.88. The normalized spacial score (nSPS) is 15.3. The average molecular weight is 338 g/mol. The van der Waals surface area contributed by atoms with Crippen LogP contribution >= 0.6 is 0 Å². The molecule has 1 aliphatic rings. The molecule has 5 nitrogen and oxygen atoms in total. The lowest BCUT2D eigenvalue weighted by Crippen LogP contribution is -2.38. The monoisotopic (exact) mass is 338 g/mol. The van der Waals surface area contributed by atoms with E-state index in [0.29, 0.717) is 17.4 Å². The van der Waals surface area contributed by atoms with E-state index in [2.05, 4.69) is 55.1 Å². The molecule has 1 aliphatic heterocycles. The van der Waals surface area contributed by atoms with Crippen molar-refractivity contribution in [1.29, 1.82) is 0 Å². The third-order valence-electron chi connectivity index (χ3n) is 4.88. The molecule has 5 heteroatoms. The second kappa shape index (κ2) is 7.21. The molecule has 1 aromatic heterocycles. The van der Waals surface area contributed by atoms with Crippen LogP contribution in [0.15, 0.2) is 24.5 Å². The molecule has 132 valence electrons. The van der Waals surface area contributed by atoms with Gasteiger partial charge in [-0.15, -0.1) is 0 Å². The van der Waals surface area contributed by atoms with Gasteiger partial charge in [-0.2, -0.15) is 0 Å². The molecule has 0 bridgehead atoms. The van der Waals surface area contributed by atoms with Crippen molar-refractivity contribution >= 4 is 17.5 Å². The zero-order chi connectivity index (χ0) is 18.0. The van der Waals surface area contributed by atoms with E-state index in [-0.39, 0.29) is 5.91 Å². The van der Waals surface area contributed by atoms with Crippen molar-refractivity contribution in [2.45, 2.75) is 40.5 Å². The number of carbonyl (C=O) groups is 1. The number of aromatic nitrogens is 2. The Labute approximate surface area is 149 Å². The lowest BCUT2D eigenvalue weighted by molar-refractivity contribution is 0.0696. The van der Waals surface area contributed by atoms with Gasteiger partial charge in [0.1, 0.15) is 0 Å². The second-order valence-corrected chi connectivity index (χ2v) is 7.17. The standard InChI is InChI=1S/C20H26N4O/c1-13-5-7-24(8-6-13)19(25)17-11-21-20(22-12-17)23-18-15(3)9-14(2)10-16(18)4/h9-13H,5-8H2,1-4H3,(H,21,22,23). The predicted molar refractivity (Wildman–Crippen MR) is 100 cm³/mol. The van der Waals surface area contributed by atoms with Crippen LogP contribution in [0.2, 0.25) is 0 Å². The highest BCUT2D eigenvalue weighted by molar-refractivity contribution is 5.93. The minimum atomic E-state index is 0.0288. The van der Waals surface area contributed by atoms with Crippen molar-refractivity contribution in [1.82, 2.24) is 14.9 Å². The highest BCUT2D eigenvalue weighted by Crippen LogP contribution is 2.24. The fraction of sp³-hybridized carbons (Fsp3) is 0.450. The fourth-order valence-electron chi connectivity index (χ4n) is 3.39. The highest BCUT2D eigenvalue weighted by atomic mass is 16.2. The highest BCUT2D eigenvalue weighted by Gasteiger charge is 2.21. The number of aryl methyl sites for hydroxylation is 3. The molecule has 0 saturated carbocycles. The third kappa shape index (κ3) is 3.98. The van der Waals surface area contributed by atoms with Crippen LogP contribution in [0.1, 0.15) is 46.8 Å². The van der Waals surface area contributed by atoms with E-state index in [0.717, 1.165) is 42.7 Å². The van der Waals surface area contributed by atoms with Crippen molar-refractivity contribution < 1.29 is 4.79 Å². The van der Waals surface area contributed by atoms with Gasteiger partial charge in [0.2, 0.25) is 5.95 Å². The first-order valence-electron chi connectivity index (χ1n) is 8.90. The van der Waals surface area contributed by atoms with Gasteiger partial charge < -0.3 is 10.2 Å². The van der Waals surface area contributed by atoms with Gasteiger partial charge in [-0.05, 0) is 50.7 Å². The predicted octanol–water partition coefficient (Wildman–Crippen LogP) is 4.02. The van der Waals surface area contributed by atoms with Crippen molar-refractivity contribution in [3.63, 3.8) is 0 Å². The summed E-state index contributed by atoms with van der Waals surface area (Å²) in [5.41, 5.74) is 5.12. The Hall–Kier alpha value is -2.43. The number of amides is 1. The molecule has 25 heavy (non-hydrogen) atoms. The number of likely N-dealkylation sites (tertiary alicyclic amines) is 1. The van der Waals surface area contributed by atoms with Crippen molar-refractivity contribution in [3.05, 3.63) is 46.8 Å². The Morgan fingerprint density at radius 3 is 2.20 bits per heavy atom. The minimum absolute atomic E-state index is 0.0288. The Kier molecular flexibility index (Phi) is 5.02. The summed E-state index contributed by atoms with van der Waals surface area (Å²) < 4.78 is 0. The molecule has 1 fully saturated rings. The van der Waals surface area contributed by atoms with E-state index in [9.17, 15) is 4.79 Å². The fourth-order valence-corrected chi connectivity index (χ4v) is 3.39. The van der Waals surface area contributed by atoms with Gasteiger partial charge in [0.05, 0.1) is 5.56 Å². The van der Waals surface area contributed by atoms with Gasteiger partial charge in [-0.3, -0.25) is 4.79 Å². The Morgan fingerprint density at radius 2 is 1.64 bits per heavy atom. The van der Waals surface area contributed by atoms with Crippen LogP contribution in [0.25, 0.3) is 0 Å². The average Bonchev–Trinajstić information content (AvgIpc) is 2.59.